The van der Waals surface area contributed by atoms with Gasteiger partial charge in [-0.25, -0.2) is 4.79 Å². The highest BCUT2D eigenvalue weighted by Crippen LogP contribution is 2.33. The van der Waals surface area contributed by atoms with Gasteiger partial charge >= 0.3 is 5.97 Å². The van der Waals surface area contributed by atoms with E-state index in [0.29, 0.717) is 23.5 Å². The molecule has 1 saturated heterocycles. The van der Waals surface area contributed by atoms with Crippen LogP contribution < -0.4 is 5.32 Å². The standard InChI is InChI=1S/C17H19NO5S/c1-23-16(21)14(17(22)10-24-11-17)18-15(20)13-7-5-12(6-8-13)4-2-3-9-19/h5-8,14,19,22H,3,9-11H2,1H3,(H,18,20). The predicted octanol–water partition coefficient (Wildman–Crippen LogP) is 0.170. The quantitative estimate of drug-likeness (QED) is 0.518. The van der Waals surface area contributed by atoms with Crippen molar-refractivity contribution in [3.8, 4) is 11.8 Å². The van der Waals surface area contributed by atoms with Gasteiger partial charge in [0, 0.05) is 29.1 Å². The number of benzene rings is 1. The van der Waals surface area contributed by atoms with Gasteiger partial charge in [0.25, 0.3) is 5.91 Å². The van der Waals surface area contributed by atoms with Gasteiger partial charge in [-0.05, 0) is 24.3 Å². The van der Waals surface area contributed by atoms with Crippen molar-refractivity contribution in [2.24, 2.45) is 0 Å². The van der Waals surface area contributed by atoms with E-state index < -0.39 is 23.5 Å². The number of carbonyl (C=O) groups is 2. The first kappa shape index (κ1) is 18.3. The number of nitrogens with one attached hydrogen (secondary N) is 1. The molecule has 1 aromatic rings. The second kappa shape index (κ2) is 8.20. The minimum Gasteiger partial charge on any atom is -0.467 e. The molecule has 3 N–H and O–H groups in total. The van der Waals surface area contributed by atoms with Gasteiger partial charge in [-0.2, -0.15) is 11.8 Å². The van der Waals surface area contributed by atoms with Crippen LogP contribution in [0.2, 0.25) is 0 Å². The minimum atomic E-state index is -1.27. The van der Waals surface area contributed by atoms with Crippen molar-refractivity contribution in [2.45, 2.75) is 18.1 Å². The summed E-state index contributed by atoms with van der Waals surface area (Å²) in [4.78, 5) is 24.2. The SMILES string of the molecule is COC(=O)C(NC(=O)c1ccc(C#CCCO)cc1)C1(O)CSC1. The molecule has 6 nitrogen and oxygen atoms in total. The Hall–Kier alpha value is -2.01. The number of aliphatic hydroxyl groups is 2. The van der Waals surface area contributed by atoms with Crippen molar-refractivity contribution >= 4 is 23.6 Å². The molecule has 2 rings (SSSR count). The molecule has 0 radical (unpaired) electrons. The summed E-state index contributed by atoms with van der Waals surface area (Å²) in [5, 5.41) is 21.6. The van der Waals surface area contributed by atoms with Gasteiger partial charge < -0.3 is 20.3 Å². The van der Waals surface area contributed by atoms with Crippen LogP contribution in [0.1, 0.15) is 22.3 Å². The number of methoxy groups -OCH3 is 1. The lowest BCUT2D eigenvalue weighted by atomic mass is 9.97. The molecule has 1 heterocycles. The second-order valence-electron chi connectivity index (χ2n) is 5.38. The van der Waals surface area contributed by atoms with Gasteiger partial charge in [0.15, 0.2) is 6.04 Å². The number of esters is 1. The molecule has 0 saturated carbocycles. The summed E-state index contributed by atoms with van der Waals surface area (Å²) in [5.74, 6) is 5.26. The Morgan fingerprint density at radius 2 is 2.04 bits per heavy atom. The molecule has 1 aliphatic heterocycles. The molecule has 1 aliphatic rings. The highest BCUT2D eigenvalue weighted by atomic mass is 32.2. The third kappa shape index (κ3) is 4.29. The molecule has 1 aromatic carbocycles. The monoisotopic (exact) mass is 349 g/mol. The molecule has 0 spiro atoms. The Balaban J connectivity index is 2.07. The zero-order valence-corrected chi connectivity index (χ0v) is 14.1. The van der Waals surface area contributed by atoms with Crippen LogP contribution in [0.5, 0.6) is 0 Å². The number of rotatable bonds is 5. The van der Waals surface area contributed by atoms with E-state index in [1.165, 1.54) is 18.9 Å². The molecular formula is C17H19NO5S. The Labute approximate surface area is 144 Å². The molecule has 128 valence electrons. The topological polar surface area (TPSA) is 95.9 Å². The maximum Gasteiger partial charge on any atom is 0.331 e. The fraction of sp³-hybridized carbons (Fsp3) is 0.412. The molecule has 0 bridgehead atoms. The van der Waals surface area contributed by atoms with Crippen LogP contribution in [0.15, 0.2) is 24.3 Å². The molecule has 7 heteroatoms. The molecule has 1 unspecified atom stereocenters. The maximum atomic E-state index is 12.3. The number of hydrogen-bond acceptors (Lipinski definition) is 6. The van der Waals surface area contributed by atoms with E-state index in [2.05, 4.69) is 21.9 Å². The summed E-state index contributed by atoms with van der Waals surface area (Å²) < 4.78 is 4.68. The smallest absolute Gasteiger partial charge is 0.331 e. The van der Waals surface area contributed by atoms with Crippen molar-refractivity contribution in [3.63, 3.8) is 0 Å². The lowest BCUT2D eigenvalue weighted by Gasteiger charge is -2.40. The van der Waals surface area contributed by atoms with Crippen LogP contribution in [0, 0.1) is 11.8 Å². The van der Waals surface area contributed by atoms with Gasteiger partial charge in [-0.1, -0.05) is 11.8 Å². The van der Waals surface area contributed by atoms with E-state index in [9.17, 15) is 14.7 Å². The van der Waals surface area contributed by atoms with Crippen LogP contribution in [0.25, 0.3) is 0 Å². The van der Waals surface area contributed by atoms with Crippen molar-refractivity contribution in [3.05, 3.63) is 35.4 Å². The largest absolute Gasteiger partial charge is 0.467 e. The highest BCUT2D eigenvalue weighted by molar-refractivity contribution is 8.00. The lowest BCUT2D eigenvalue weighted by molar-refractivity contribution is -0.148. The number of thioether (sulfide) groups is 1. The van der Waals surface area contributed by atoms with Crippen molar-refractivity contribution in [1.29, 1.82) is 0 Å². The Morgan fingerprint density at radius 1 is 1.38 bits per heavy atom. The zero-order chi connectivity index (χ0) is 17.6. The summed E-state index contributed by atoms with van der Waals surface area (Å²) in [6.07, 6.45) is 0.389. The Morgan fingerprint density at radius 3 is 2.54 bits per heavy atom. The number of aliphatic hydroxyl groups excluding tert-OH is 1. The average Bonchev–Trinajstić information content (AvgIpc) is 2.57. The lowest BCUT2D eigenvalue weighted by Crippen LogP contribution is -2.64. The van der Waals surface area contributed by atoms with Crippen LogP contribution >= 0.6 is 11.8 Å². The van der Waals surface area contributed by atoms with E-state index in [1.807, 2.05) is 0 Å². The summed E-state index contributed by atoms with van der Waals surface area (Å²) in [7, 11) is 1.22. The van der Waals surface area contributed by atoms with Gasteiger partial charge in [0.05, 0.1) is 13.7 Å². The van der Waals surface area contributed by atoms with Crippen LogP contribution in [-0.2, 0) is 9.53 Å². The van der Waals surface area contributed by atoms with Crippen molar-refractivity contribution in [1.82, 2.24) is 5.32 Å². The normalized spacial score (nSPS) is 16.1. The van der Waals surface area contributed by atoms with E-state index in [0.717, 1.165) is 5.56 Å². The Bertz CT molecular complexity index is 658. The highest BCUT2D eigenvalue weighted by Gasteiger charge is 2.48. The van der Waals surface area contributed by atoms with Crippen LogP contribution in [0.4, 0.5) is 0 Å². The van der Waals surface area contributed by atoms with Gasteiger partial charge in [0.2, 0.25) is 0 Å². The maximum absolute atomic E-state index is 12.3. The third-order valence-electron chi connectivity index (χ3n) is 3.57. The molecule has 0 aromatic heterocycles. The van der Waals surface area contributed by atoms with Crippen molar-refractivity contribution in [2.75, 3.05) is 25.2 Å². The minimum absolute atomic E-state index is 0.00357. The van der Waals surface area contributed by atoms with Crippen LogP contribution in [0.3, 0.4) is 0 Å². The molecule has 1 atom stereocenters. The van der Waals surface area contributed by atoms with Gasteiger partial charge in [0.1, 0.15) is 5.60 Å². The average molecular weight is 349 g/mol. The molecule has 1 fully saturated rings. The number of carbonyl (C=O) groups excluding carboxylic acids is 2. The first-order valence-electron chi connectivity index (χ1n) is 7.39. The predicted molar refractivity (Wildman–Crippen MR) is 90.6 cm³/mol. The molecular weight excluding hydrogens is 330 g/mol. The van der Waals surface area contributed by atoms with E-state index in [-0.39, 0.29) is 6.61 Å². The van der Waals surface area contributed by atoms with E-state index >= 15 is 0 Å². The Kier molecular flexibility index (Phi) is 6.26. The summed E-state index contributed by atoms with van der Waals surface area (Å²) in [6, 6.07) is 5.44. The number of hydrogen-bond donors (Lipinski definition) is 3. The zero-order valence-electron chi connectivity index (χ0n) is 13.2. The first-order valence-corrected chi connectivity index (χ1v) is 8.54. The molecule has 1 amide bonds. The summed E-state index contributed by atoms with van der Waals surface area (Å²) in [5.41, 5.74) is -0.200. The first-order chi connectivity index (χ1) is 11.5. The summed E-state index contributed by atoms with van der Waals surface area (Å²) >= 11 is 1.49. The second-order valence-corrected chi connectivity index (χ2v) is 6.36. The third-order valence-corrected chi connectivity index (χ3v) is 4.98. The van der Waals surface area contributed by atoms with Gasteiger partial charge in [-0.3, -0.25) is 4.79 Å². The molecule has 24 heavy (non-hydrogen) atoms. The van der Waals surface area contributed by atoms with E-state index in [1.54, 1.807) is 24.3 Å². The molecule has 0 aliphatic carbocycles. The summed E-state index contributed by atoms with van der Waals surface area (Å²) in [6.45, 7) is 0.00357. The van der Waals surface area contributed by atoms with E-state index in [4.69, 9.17) is 5.11 Å². The van der Waals surface area contributed by atoms with Gasteiger partial charge in [-0.15, -0.1) is 0 Å². The van der Waals surface area contributed by atoms with Crippen molar-refractivity contribution < 1.29 is 24.5 Å². The fourth-order valence-electron chi connectivity index (χ4n) is 2.15. The number of amides is 1. The fourth-order valence-corrected chi connectivity index (χ4v) is 3.10. The van der Waals surface area contributed by atoms with Crippen LogP contribution in [-0.4, -0.2) is 59.0 Å². The number of ether oxygens (including phenoxy) is 1.